The van der Waals surface area contributed by atoms with Gasteiger partial charge in [-0.15, -0.1) is 5.10 Å². The summed E-state index contributed by atoms with van der Waals surface area (Å²) in [4.78, 5) is 18.1. The number of nitrogens with one attached hydrogen (secondary N) is 1. The van der Waals surface area contributed by atoms with Gasteiger partial charge in [0, 0.05) is 23.3 Å². The normalized spacial score (nSPS) is 19.1. The molecule has 1 unspecified atom stereocenters. The number of carbonyl (C=O) groups excluding carboxylic acids is 1. The number of nitrogens with zero attached hydrogens (tertiary/aromatic N) is 3. The molecule has 0 fully saturated rings. The van der Waals surface area contributed by atoms with Crippen LogP contribution in [0.15, 0.2) is 59.8 Å². The molecular formula is C25H26N4O3. The summed E-state index contributed by atoms with van der Waals surface area (Å²) in [5.74, 6) is 2.93. The fourth-order valence-corrected chi connectivity index (χ4v) is 4.57. The van der Waals surface area contributed by atoms with Gasteiger partial charge in [-0.2, -0.15) is 4.98 Å². The van der Waals surface area contributed by atoms with Crippen LogP contribution in [-0.2, 0) is 4.79 Å². The van der Waals surface area contributed by atoms with E-state index in [9.17, 15) is 4.79 Å². The topological polar surface area (TPSA) is 78.3 Å². The Kier molecular flexibility index (Phi) is 4.77. The summed E-state index contributed by atoms with van der Waals surface area (Å²) in [5.41, 5.74) is 3.46. The molecule has 2 heterocycles. The van der Waals surface area contributed by atoms with E-state index in [0.29, 0.717) is 18.2 Å². The molecule has 7 nitrogen and oxygen atoms in total. The number of benzene rings is 2. The number of carbonyl (C=O) groups is 1. The van der Waals surface area contributed by atoms with E-state index >= 15 is 0 Å². The third-order valence-electron chi connectivity index (χ3n) is 6.11. The number of fused-ring (bicyclic) bond motifs is 1. The predicted octanol–water partition coefficient (Wildman–Crippen LogP) is 4.62. The summed E-state index contributed by atoms with van der Waals surface area (Å²) < 4.78 is 12.4. The molecule has 3 aromatic rings. The summed E-state index contributed by atoms with van der Waals surface area (Å²) in [6.07, 6.45) is 1.29. The van der Waals surface area contributed by atoms with Gasteiger partial charge in [0.2, 0.25) is 5.95 Å². The van der Waals surface area contributed by atoms with E-state index in [-0.39, 0.29) is 17.2 Å². The molecule has 1 aliphatic heterocycles. The third-order valence-corrected chi connectivity index (χ3v) is 6.11. The summed E-state index contributed by atoms with van der Waals surface area (Å²) in [5, 5.41) is 8.24. The van der Waals surface area contributed by atoms with E-state index in [1.54, 1.807) is 14.2 Å². The van der Waals surface area contributed by atoms with Crippen molar-refractivity contribution in [1.82, 2.24) is 14.8 Å². The molecule has 0 radical (unpaired) electrons. The van der Waals surface area contributed by atoms with Crippen molar-refractivity contribution in [2.24, 2.45) is 5.41 Å². The van der Waals surface area contributed by atoms with Crippen molar-refractivity contribution in [2.45, 2.75) is 32.7 Å². The number of methoxy groups -OCH3 is 2. The Morgan fingerprint density at radius 3 is 2.22 bits per heavy atom. The lowest BCUT2D eigenvalue weighted by Gasteiger charge is -2.38. The number of ether oxygens (including phenoxy) is 2. The van der Waals surface area contributed by atoms with Crippen LogP contribution in [0.1, 0.15) is 38.3 Å². The largest absolute Gasteiger partial charge is 0.497 e. The average molecular weight is 431 g/mol. The molecule has 1 N–H and O–H groups in total. The Morgan fingerprint density at radius 1 is 0.969 bits per heavy atom. The molecule has 0 spiro atoms. The maximum atomic E-state index is 13.3. The zero-order valence-corrected chi connectivity index (χ0v) is 18.7. The minimum absolute atomic E-state index is 0.103. The van der Waals surface area contributed by atoms with Crippen LogP contribution >= 0.6 is 0 Å². The summed E-state index contributed by atoms with van der Waals surface area (Å²) in [6, 6.07) is 15.1. The highest BCUT2D eigenvalue weighted by Crippen LogP contribution is 2.45. The molecule has 0 saturated heterocycles. The van der Waals surface area contributed by atoms with Crippen LogP contribution < -0.4 is 14.8 Å². The maximum absolute atomic E-state index is 13.3. The van der Waals surface area contributed by atoms with E-state index in [2.05, 4.69) is 19.2 Å². The van der Waals surface area contributed by atoms with E-state index in [1.165, 1.54) is 0 Å². The third kappa shape index (κ3) is 3.43. The molecule has 7 heteroatoms. The molecule has 2 aliphatic rings. The number of hydrogen-bond donors (Lipinski definition) is 1. The first kappa shape index (κ1) is 20.3. The minimum Gasteiger partial charge on any atom is -0.497 e. The lowest BCUT2D eigenvalue weighted by Crippen LogP contribution is -2.36. The van der Waals surface area contributed by atoms with Crippen LogP contribution in [0.2, 0.25) is 0 Å². The van der Waals surface area contributed by atoms with Gasteiger partial charge in [-0.25, -0.2) is 4.68 Å². The molecule has 32 heavy (non-hydrogen) atoms. The van der Waals surface area contributed by atoms with Crippen LogP contribution in [0.5, 0.6) is 11.5 Å². The lowest BCUT2D eigenvalue weighted by atomic mass is 9.73. The predicted molar refractivity (Wildman–Crippen MR) is 122 cm³/mol. The highest BCUT2D eigenvalue weighted by molar-refractivity contribution is 6.00. The van der Waals surface area contributed by atoms with Crippen LogP contribution in [0.3, 0.4) is 0 Å². The molecule has 5 rings (SSSR count). The van der Waals surface area contributed by atoms with Crippen molar-refractivity contribution in [1.29, 1.82) is 0 Å². The number of rotatable bonds is 4. The van der Waals surface area contributed by atoms with Crippen LogP contribution in [-0.4, -0.2) is 34.8 Å². The van der Waals surface area contributed by atoms with Crippen molar-refractivity contribution in [3.05, 3.63) is 65.4 Å². The van der Waals surface area contributed by atoms with Gasteiger partial charge in [-0.1, -0.05) is 26.0 Å². The van der Waals surface area contributed by atoms with Gasteiger partial charge < -0.3 is 14.8 Å². The second-order valence-corrected chi connectivity index (χ2v) is 9.07. The first-order chi connectivity index (χ1) is 15.4. The van der Waals surface area contributed by atoms with Gasteiger partial charge in [0.05, 0.1) is 14.2 Å². The van der Waals surface area contributed by atoms with Gasteiger partial charge in [-0.05, 0) is 53.8 Å². The van der Waals surface area contributed by atoms with Crippen LogP contribution in [0, 0.1) is 5.41 Å². The maximum Gasteiger partial charge on any atom is 0.226 e. The SMILES string of the molecule is COc1ccc(-c2nc3n(n2)C(c2ccc(OC)cc2)C2=C(CC(C)(C)CC2=O)N3)cc1. The molecule has 0 saturated carbocycles. The smallest absolute Gasteiger partial charge is 0.226 e. The van der Waals surface area contributed by atoms with Crippen molar-refractivity contribution in [2.75, 3.05) is 19.5 Å². The number of allylic oxidation sites excluding steroid dienone is 2. The van der Waals surface area contributed by atoms with Crippen molar-refractivity contribution in [3.8, 4) is 22.9 Å². The fourth-order valence-electron chi connectivity index (χ4n) is 4.57. The Morgan fingerprint density at radius 2 is 1.59 bits per heavy atom. The highest BCUT2D eigenvalue weighted by atomic mass is 16.5. The van der Waals surface area contributed by atoms with E-state index in [1.807, 2.05) is 53.2 Å². The molecule has 1 aliphatic carbocycles. The van der Waals surface area contributed by atoms with Gasteiger partial charge in [0.25, 0.3) is 0 Å². The fraction of sp³-hybridized carbons (Fsp3) is 0.320. The van der Waals surface area contributed by atoms with Crippen LogP contribution in [0.4, 0.5) is 5.95 Å². The molecule has 0 amide bonds. The van der Waals surface area contributed by atoms with Crippen molar-refractivity contribution < 1.29 is 14.3 Å². The number of aromatic nitrogens is 3. The Balaban J connectivity index is 1.63. The summed E-state index contributed by atoms with van der Waals surface area (Å²) in [7, 11) is 3.28. The molecule has 1 atom stereocenters. The van der Waals surface area contributed by atoms with Gasteiger partial charge in [-0.3, -0.25) is 4.79 Å². The average Bonchev–Trinajstić information content (AvgIpc) is 3.20. The van der Waals surface area contributed by atoms with Gasteiger partial charge in [0.1, 0.15) is 17.5 Å². The Labute approximate surface area is 187 Å². The van der Waals surface area contributed by atoms with E-state index < -0.39 is 0 Å². The molecule has 1 aromatic heterocycles. The second kappa shape index (κ2) is 7.51. The quantitative estimate of drug-likeness (QED) is 0.651. The molecule has 164 valence electrons. The van der Waals surface area contributed by atoms with Crippen molar-refractivity contribution in [3.63, 3.8) is 0 Å². The Hall–Kier alpha value is -3.61. The molecular weight excluding hydrogens is 404 g/mol. The lowest BCUT2D eigenvalue weighted by molar-refractivity contribution is -0.118. The zero-order chi connectivity index (χ0) is 22.5. The van der Waals surface area contributed by atoms with E-state index in [4.69, 9.17) is 19.6 Å². The summed E-state index contributed by atoms with van der Waals surface area (Å²) >= 11 is 0. The number of hydrogen-bond acceptors (Lipinski definition) is 6. The number of Topliss-reactive ketones (excluding diaryl/α,β-unsaturated/α-hetero) is 1. The second-order valence-electron chi connectivity index (χ2n) is 9.07. The highest BCUT2D eigenvalue weighted by Gasteiger charge is 2.41. The molecule has 0 bridgehead atoms. The number of anilines is 1. The van der Waals surface area contributed by atoms with Crippen LogP contribution in [0.25, 0.3) is 11.4 Å². The molecule has 2 aromatic carbocycles. The minimum atomic E-state index is -0.338. The monoisotopic (exact) mass is 430 g/mol. The Bertz CT molecular complexity index is 1210. The number of ketones is 1. The first-order valence-electron chi connectivity index (χ1n) is 10.7. The van der Waals surface area contributed by atoms with Crippen molar-refractivity contribution >= 4 is 11.7 Å². The van der Waals surface area contributed by atoms with Gasteiger partial charge in [0.15, 0.2) is 11.6 Å². The zero-order valence-electron chi connectivity index (χ0n) is 18.7. The first-order valence-corrected chi connectivity index (χ1v) is 10.7. The standard InChI is InChI=1S/C25H26N4O3/c1-25(2)13-19-21(20(30)14-25)22(15-5-9-17(31-3)10-6-15)29-24(26-19)27-23(28-29)16-7-11-18(32-4)12-8-16/h5-12,22H,13-14H2,1-4H3,(H,26,27,28). The van der Waals surface area contributed by atoms with E-state index in [0.717, 1.165) is 40.3 Å². The van der Waals surface area contributed by atoms with Gasteiger partial charge >= 0.3 is 0 Å². The summed E-state index contributed by atoms with van der Waals surface area (Å²) in [6.45, 7) is 4.25.